The average molecular weight is 479 g/mol. The van der Waals surface area contributed by atoms with E-state index in [0.29, 0.717) is 44.3 Å². The van der Waals surface area contributed by atoms with E-state index in [1.807, 2.05) is 60.0 Å². The van der Waals surface area contributed by atoms with E-state index in [9.17, 15) is 4.79 Å². The summed E-state index contributed by atoms with van der Waals surface area (Å²) in [6, 6.07) is 16.6. The molecule has 2 aromatic carbocycles. The number of aromatic nitrogens is 4. The van der Waals surface area contributed by atoms with Gasteiger partial charge in [0, 0.05) is 5.56 Å². The van der Waals surface area contributed by atoms with Crippen molar-refractivity contribution in [1.29, 1.82) is 0 Å². The Morgan fingerprint density at radius 1 is 0.970 bits per heavy atom. The molecule has 5 aromatic rings. The van der Waals surface area contributed by atoms with Crippen LogP contribution in [0, 0.1) is 0 Å². The first-order chi connectivity index (χ1) is 16.2. The normalized spacial score (nSPS) is 11.1. The van der Waals surface area contributed by atoms with Gasteiger partial charge in [-0.05, 0) is 60.0 Å². The molecule has 10 heteroatoms. The first kappa shape index (κ1) is 21.2. The van der Waals surface area contributed by atoms with Gasteiger partial charge in [0.15, 0.2) is 5.16 Å². The fourth-order valence-corrected chi connectivity index (χ4v) is 4.85. The van der Waals surface area contributed by atoms with E-state index in [4.69, 9.17) is 19.0 Å². The van der Waals surface area contributed by atoms with Crippen LogP contribution in [0.3, 0.4) is 0 Å². The molecule has 5 rings (SSSR count). The molecule has 166 valence electrons. The molecule has 0 saturated heterocycles. The van der Waals surface area contributed by atoms with Crippen molar-refractivity contribution in [2.24, 2.45) is 0 Å². The molecule has 0 bridgehead atoms. The number of hydrogen-bond donors (Lipinski definition) is 0. The summed E-state index contributed by atoms with van der Waals surface area (Å²) in [5.74, 6) is 2.75. The highest BCUT2D eigenvalue weighted by Crippen LogP contribution is 2.27. The summed E-state index contributed by atoms with van der Waals surface area (Å²) in [5.41, 5.74) is 2.08. The Balaban J connectivity index is 1.45. The van der Waals surface area contributed by atoms with Gasteiger partial charge in [-0.25, -0.2) is 4.98 Å². The van der Waals surface area contributed by atoms with Crippen LogP contribution in [-0.2, 0) is 5.75 Å². The number of thiophene rings is 1. The summed E-state index contributed by atoms with van der Waals surface area (Å²) in [6.45, 7) is 0. The van der Waals surface area contributed by atoms with Gasteiger partial charge < -0.3 is 14.0 Å². The van der Waals surface area contributed by atoms with Crippen molar-refractivity contribution in [3.8, 4) is 28.6 Å². The predicted octanol–water partition coefficient (Wildman–Crippen LogP) is 4.81. The van der Waals surface area contributed by atoms with Crippen LogP contribution in [0.2, 0.25) is 0 Å². The lowest BCUT2D eigenvalue weighted by atomic mass is 10.2. The fourth-order valence-electron chi connectivity index (χ4n) is 3.24. The third kappa shape index (κ3) is 4.22. The van der Waals surface area contributed by atoms with Crippen LogP contribution in [0.1, 0.15) is 5.89 Å². The monoisotopic (exact) mass is 478 g/mol. The molecular weight excluding hydrogens is 460 g/mol. The third-order valence-corrected chi connectivity index (χ3v) is 6.74. The van der Waals surface area contributed by atoms with Crippen LogP contribution in [0.4, 0.5) is 0 Å². The molecule has 33 heavy (non-hydrogen) atoms. The number of fused-ring (bicyclic) bond motifs is 1. The van der Waals surface area contributed by atoms with Gasteiger partial charge in [0.1, 0.15) is 16.2 Å². The number of thioether (sulfide) groups is 1. The van der Waals surface area contributed by atoms with Crippen molar-refractivity contribution in [3.63, 3.8) is 0 Å². The number of rotatable bonds is 7. The van der Waals surface area contributed by atoms with Gasteiger partial charge in [-0.15, -0.1) is 11.3 Å². The largest absolute Gasteiger partial charge is 0.497 e. The Labute approximate surface area is 196 Å². The molecule has 3 heterocycles. The van der Waals surface area contributed by atoms with Crippen LogP contribution in [-0.4, -0.2) is 33.9 Å². The lowest BCUT2D eigenvalue weighted by molar-refractivity contribution is 0.391. The maximum atomic E-state index is 13.2. The topological polar surface area (TPSA) is 92.3 Å². The predicted molar refractivity (Wildman–Crippen MR) is 128 cm³/mol. The van der Waals surface area contributed by atoms with Gasteiger partial charge in [0.05, 0.1) is 31.2 Å². The molecule has 0 N–H and O–H groups in total. The highest BCUT2D eigenvalue weighted by atomic mass is 32.2. The van der Waals surface area contributed by atoms with Crippen molar-refractivity contribution in [1.82, 2.24) is 19.7 Å². The smallest absolute Gasteiger partial charge is 0.276 e. The van der Waals surface area contributed by atoms with E-state index >= 15 is 0 Å². The van der Waals surface area contributed by atoms with Gasteiger partial charge in [-0.1, -0.05) is 16.9 Å². The minimum Gasteiger partial charge on any atom is -0.497 e. The maximum Gasteiger partial charge on any atom is 0.276 e. The molecule has 0 radical (unpaired) electrons. The van der Waals surface area contributed by atoms with Crippen LogP contribution in [0.25, 0.3) is 27.3 Å². The quantitative estimate of drug-likeness (QED) is 0.243. The van der Waals surface area contributed by atoms with E-state index < -0.39 is 0 Å². The highest BCUT2D eigenvalue weighted by molar-refractivity contribution is 7.98. The highest BCUT2D eigenvalue weighted by Gasteiger charge is 2.16. The van der Waals surface area contributed by atoms with Crippen molar-refractivity contribution < 1.29 is 14.0 Å². The van der Waals surface area contributed by atoms with Gasteiger partial charge in [0.25, 0.3) is 5.56 Å². The number of methoxy groups -OCH3 is 2. The summed E-state index contributed by atoms with van der Waals surface area (Å²) in [5, 5.41) is 6.48. The van der Waals surface area contributed by atoms with Crippen molar-refractivity contribution in [3.05, 3.63) is 76.2 Å². The minimum atomic E-state index is -0.118. The summed E-state index contributed by atoms with van der Waals surface area (Å²) in [6.07, 6.45) is 0. The summed E-state index contributed by atoms with van der Waals surface area (Å²) >= 11 is 2.74. The summed E-state index contributed by atoms with van der Waals surface area (Å²) < 4.78 is 18.1. The lowest BCUT2D eigenvalue weighted by Crippen LogP contribution is -2.20. The summed E-state index contributed by atoms with van der Waals surface area (Å²) in [4.78, 5) is 22.4. The number of nitrogens with zero attached hydrogens (tertiary/aromatic N) is 4. The zero-order valence-corrected chi connectivity index (χ0v) is 19.4. The maximum absolute atomic E-state index is 13.2. The Bertz CT molecular complexity index is 1460. The summed E-state index contributed by atoms with van der Waals surface area (Å²) in [7, 11) is 3.22. The number of hydrogen-bond acceptors (Lipinski definition) is 9. The molecule has 0 aliphatic rings. The Hall–Kier alpha value is -3.63. The molecule has 0 aliphatic carbocycles. The number of benzene rings is 2. The second-order valence-corrected chi connectivity index (χ2v) is 8.76. The zero-order valence-electron chi connectivity index (χ0n) is 17.7. The Morgan fingerprint density at radius 3 is 2.36 bits per heavy atom. The van der Waals surface area contributed by atoms with Crippen molar-refractivity contribution in [2.45, 2.75) is 10.9 Å². The second kappa shape index (κ2) is 9.08. The van der Waals surface area contributed by atoms with Gasteiger partial charge in [-0.2, -0.15) is 4.98 Å². The molecule has 8 nitrogen and oxygen atoms in total. The second-order valence-electron chi connectivity index (χ2n) is 6.90. The van der Waals surface area contributed by atoms with E-state index in [1.165, 1.54) is 23.1 Å². The van der Waals surface area contributed by atoms with Crippen LogP contribution >= 0.6 is 23.1 Å². The first-order valence-electron chi connectivity index (χ1n) is 9.91. The Morgan fingerprint density at radius 2 is 1.67 bits per heavy atom. The van der Waals surface area contributed by atoms with E-state index in [2.05, 4.69) is 10.1 Å². The molecule has 3 aromatic heterocycles. The van der Waals surface area contributed by atoms with Crippen molar-refractivity contribution in [2.75, 3.05) is 14.2 Å². The molecule has 0 aliphatic heterocycles. The molecule has 0 amide bonds. The van der Waals surface area contributed by atoms with Gasteiger partial charge >= 0.3 is 0 Å². The van der Waals surface area contributed by atoms with E-state index in [1.54, 1.807) is 18.8 Å². The molecule has 0 unspecified atom stereocenters. The molecule has 0 fully saturated rings. The van der Waals surface area contributed by atoms with Gasteiger partial charge in [0.2, 0.25) is 11.7 Å². The van der Waals surface area contributed by atoms with Gasteiger partial charge in [-0.3, -0.25) is 9.36 Å². The zero-order chi connectivity index (χ0) is 22.8. The van der Waals surface area contributed by atoms with E-state index in [0.717, 1.165) is 11.3 Å². The van der Waals surface area contributed by atoms with Crippen molar-refractivity contribution >= 4 is 33.3 Å². The molecule has 0 saturated carbocycles. The Kier molecular flexibility index (Phi) is 5.84. The lowest BCUT2D eigenvalue weighted by Gasteiger charge is -2.12. The SMILES string of the molecule is COc1ccc(-c2noc(CSc3nc4ccsc4c(=O)n3-c3ccc(OC)cc3)n2)cc1. The first-order valence-corrected chi connectivity index (χ1v) is 11.8. The van der Waals surface area contributed by atoms with Crippen LogP contribution in [0.15, 0.2) is 74.5 Å². The molecular formula is C23H18N4O4S2. The molecule has 0 spiro atoms. The fraction of sp³-hybridized carbons (Fsp3) is 0.130. The number of ether oxygens (including phenoxy) is 2. The average Bonchev–Trinajstić information content (AvgIpc) is 3.53. The third-order valence-electron chi connectivity index (χ3n) is 4.92. The molecule has 0 atom stereocenters. The van der Waals surface area contributed by atoms with Crippen LogP contribution in [0.5, 0.6) is 11.5 Å². The van der Waals surface area contributed by atoms with Crippen LogP contribution < -0.4 is 15.0 Å². The minimum absolute atomic E-state index is 0.118. The van der Waals surface area contributed by atoms with E-state index in [-0.39, 0.29) is 5.56 Å². The standard InChI is InChI=1S/C23H18N4O4S2/c1-29-16-7-3-14(4-8-16)21-25-19(31-26-21)13-33-23-24-18-11-12-32-20(18)22(28)27(23)15-5-9-17(30-2)10-6-15/h3-12H,13H2,1-2H3.